The number of hydrogen-bond donors (Lipinski definition) is 0. The molecule has 0 radical (unpaired) electrons. The zero-order valence-corrected chi connectivity index (χ0v) is 14.0. The van der Waals surface area contributed by atoms with Crippen molar-refractivity contribution < 1.29 is 32.0 Å². The van der Waals surface area contributed by atoms with Gasteiger partial charge < -0.3 is 14.0 Å². The molecule has 0 fully saturated rings. The van der Waals surface area contributed by atoms with E-state index in [1.807, 2.05) is 0 Å². The zero-order valence-electron chi connectivity index (χ0n) is 14.0. The van der Waals surface area contributed by atoms with Crippen LogP contribution in [0.5, 0.6) is 11.5 Å². The Morgan fingerprint density at radius 1 is 1.15 bits per heavy atom. The topological polar surface area (TPSA) is 74.5 Å². The standard InChI is InChI=1S/C18H13F3N2O4/c1-25-15-8-11(9-24)6-7-14(15)26-10-16-22-17(23-27-16)12-4-2-3-5-13(12)18(19,20)21/h2-9H,10H2,1H3. The van der Waals surface area contributed by atoms with E-state index in [0.29, 0.717) is 23.3 Å². The summed E-state index contributed by atoms with van der Waals surface area (Å²) in [6, 6.07) is 9.49. The van der Waals surface area contributed by atoms with Gasteiger partial charge in [0.15, 0.2) is 18.1 Å². The number of halogens is 3. The van der Waals surface area contributed by atoms with Gasteiger partial charge in [-0.05, 0) is 24.3 Å². The van der Waals surface area contributed by atoms with Crippen LogP contribution in [-0.4, -0.2) is 23.5 Å². The first-order valence-electron chi connectivity index (χ1n) is 7.67. The van der Waals surface area contributed by atoms with Crippen molar-refractivity contribution in [2.24, 2.45) is 0 Å². The maximum absolute atomic E-state index is 13.1. The molecule has 0 amide bonds. The Kier molecular flexibility index (Phi) is 5.11. The van der Waals surface area contributed by atoms with Gasteiger partial charge in [0, 0.05) is 11.1 Å². The molecule has 140 valence electrons. The van der Waals surface area contributed by atoms with Gasteiger partial charge in [0.05, 0.1) is 12.7 Å². The number of nitrogens with zero attached hydrogens (tertiary/aromatic N) is 2. The van der Waals surface area contributed by atoms with Crippen LogP contribution < -0.4 is 9.47 Å². The Labute approximate surface area is 151 Å². The van der Waals surface area contributed by atoms with Crippen LogP contribution in [0.25, 0.3) is 11.4 Å². The van der Waals surface area contributed by atoms with Crippen molar-refractivity contribution in [3.63, 3.8) is 0 Å². The van der Waals surface area contributed by atoms with Gasteiger partial charge in [-0.25, -0.2) is 0 Å². The highest BCUT2D eigenvalue weighted by Gasteiger charge is 2.34. The van der Waals surface area contributed by atoms with Gasteiger partial charge >= 0.3 is 6.18 Å². The van der Waals surface area contributed by atoms with Crippen LogP contribution in [0.2, 0.25) is 0 Å². The third kappa shape index (κ3) is 4.08. The summed E-state index contributed by atoms with van der Waals surface area (Å²) in [5, 5.41) is 3.60. The van der Waals surface area contributed by atoms with Crippen LogP contribution in [0.1, 0.15) is 21.8 Å². The Hall–Kier alpha value is -3.36. The Morgan fingerprint density at radius 2 is 1.93 bits per heavy atom. The average Bonchev–Trinajstić information content (AvgIpc) is 3.14. The fourth-order valence-electron chi connectivity index (χ4n) is 2.36. The summed E-state index contributed by atoms with van der Waals surface area (Å²) in [6.07, 6.45) is -3.88. The van der Waals surface area contributed by atoms with Crippen LogP contribution in [0.15, 0.2) is 47.0 Å². The lowest BCUT2D eigenvalue weighted by molar-refractivity contribution is -0.137. The van der Waals surface area contributed by atoms with Crippen molar-refractivity contribution in [3.8, 4) is 22.9 Å². The molecule has 0 saturated heterocycles. The Bertz CT molecular complexity index is 954. The monoisotopic (exact) mass is 378 g/mol. The van der Waals surface area contributed by atoms with Crippen molar-refractivity contribution in [1.29, 1.82) is 0 Å². The molecular weight excluding hydrogens is 365 g/mol. The fourth-order valence-corrected chi connectivity index (χ4v) is 2.36. The maximum Gasteiger partial charge on any atom is 0.417 e. The first kappa shape index (κ1) is 18.4. The second-order valence-electron chi connectivity index (χ2n) is 5.37. The van der Waals surface area contributed by atoms with Gasteiger partial charge in [-0.15, -0.1) is 0 Å². The van der Waals surface area contributed by atoms with E-state index in [0.717, 1.165) is 6.07 Å². The number of aldehydes is 1. The summed E-state index contributed by atoms with van der Waals surface area (Å²) in [5.41, 5.74) is -0.639. The van der Waals surface area contributed by atoms with Gasteiger partial charge in [-0.1, -0.05) is 23.4 Å². The second kappa shape index (κ2) is 7.48. The Balaban J connectivity index is 1.79. The lowest BCUT2D eigenvalue weighted by Crippen LogP contribution is -2.07. The lowest BCUT2D eigenvalue weighted by Gasteiger charge is -2.09. The molecule has 0 aliphatic rings. The van der Waals surface area contributed by atoms with Crippen molar-refractivity contribution in [2.75, 3.05) is 7.11 Å². The minimum atomic E-state index is -4.54. The number of carbonyl (C=O) groups excluding carboxylic acids is 1. The summed E-state index contributed by atoms with van der Waals surface area (Å²) in [5.74, 6) is 0.439. The summed E-state index contributed by atoms with van der Waals surface area (Å²) in [7, 11) is 1.41. The molecule has 0 N–H and O–H groups in total. The van der Waals surface area contributed by atoms with E-state index >= 15 is 0 Å². The van der Waals surface area contributed by atoms with E-state index < -0.39 is 11.7 Å². The largest absolute Gasteiger partial charge is 0.493 e. The van der Waals surface area contributed by atoms with Gasteiger partial charge in [-0.3, -0.25) is 4.79 Å². The minimum Gasteiger partial charge on any atom is -0.493 e. The average molecular weight is 378 g/mol. The number of alkyl halides is 3. The molecule has 0 atom stereocenters. The van der Waals surface area contributed by atoms with Crippen LogP contribution in [0, 0.1) is 0 Å². The molecule has 0 unspecified atom stereocenters. The molecule has 0 bridgehead atoms. The van der Waals surface area contributed by atoms with Crippen LogP contribution in [0.3, 0.4) is 0 Å². The maximum atomic E-state index is 13.1. The fraction of sp³-hybridized carbons (Fsp3) is 0.167. The number of rotatable bonds is 6. The van der Waals surface area contributed by atoms with Crippen molar-refractivity contribution >= 4 is 6.29 Å². The van der Waals surface area contributed by atoms with Crippen molar-refractivity contribution in [3.05, 3.63) is 59.5 Å². The molecule has 0 aliphatic heterocycles. The van der Waals surface area contributed by atoms with Crippen LogP contribution in [0.4, 0.5) is 13.2 Å². The molecule has 1 heterocycles. The zero-order chi connectivity index (χ0) is 19.4. The smallest absolute Gasteiger partial charge is 0.417 e. The van der Waals surface area contributed by atoms with E-state index in [4.69, 9.17) is 14.0 Å². The molecule has 0 aliphatic carbocycles. The van der Waals surface area contributed by atoms with Gasteiger partial charge in [-0.2, -0.15) is 18.2 Å². The molecule has 1 aromatic heterocycles. The molecule has 27 heavy (non-hydrogen) atoms. The van der Waals surface area contributed by atoms with E-state index in [-0.39, 0.29) is 23.9 Å². The molecule has 3 rings (SSSR count). The second-order valence-corrected chi connectivity index (χ2v) is 5.37. The van der Waals surface area contributed by atoms with E-state index in [9.17, 15) is 18.0 Å². The first-order chi connectivity index (χ1) is 12.9. The third-order valence-electron chi connectivity index (χ3n) is 3.62. The highest BCUT2D eigenvalue weighted by atomic mass is 19.4. The predicted molar refractivity (Wildman–Crippen MR) is 87.4 cm³/mol. The molecule has 6 nitrogen and oxygen atoms in total. The molecular formula is C18H13F3N2O4. The number of benzene rings is 2. The normalized spacial score (nSPS) is 11.3. The van der Waals surface area contributed by atoms with Crippen molar-refractivity contribution in [2.45, 2.75) is 12.8 Å². The number of hydrogen-bond acceptors (Lipinski definition) is 6. The quantitative estimate of drug-likeness (QED) is 0.600. The number of aromatic nitrogens is 2. The SMILES string of the molecule is COc1cc(C=O)ccc1OCc1nc(-c2ccccc2C(F)(F)F)no1. The van der Waals surface area contributed by atoms with E-state index in [2.05, 4.69) is 10.1 Å². The Morgan fingerprint density at radius 3 is 2.63 bits per heavy atom. The third-order valence-corrected chi connectivity index (χ3v) is 3.62. The molecule has 9 heteroatoms. The van der Waals surface area contributed by atoms with Crippen molar-refractivity contribution in [1.82, 2.24) is 10.1 Å². The molecule has 3 aromatic rings. The predicted octanol–water partition coefficient (Wildman–Crippen LogP) is 4.16. The van der Waals surface area contributed by atoms with E-state index in [1.54, 1.807) is 0 Å². The highest BCUT2D eigenvalue weighted by Crippen LogP contribution is 2.36. The highest BCUT2D eigenvalue weighted by molar-refractivity contribution is 5.76. The van der Waals surface area contributed by atoms with E-state index in [1.165, 1.54) is 43.5 Å². The molecule has 2 aromatic carbocycles. The number of methoxy groups -OCH3 is 1. The summed E-state index contributed by atoms with van der Waals surface area (Å²) in [4.78, 5) is 14.8. The van der Waals surface area contributed by atoms with Crippen LogP contribution >= 0.6 is 0 Å². The van der Waals surface area contributed by atoms with Gasteiger partial charge in [0.1, 0.15) is 6.29 Å². The minimum absolute atomic E-state index is 0.0107. The summed E-state index contributed by atoms with van der Waals surface area (Å²) >= 11 is 0. The summed E-state index contributed by atoms with van der Waals surface area (Å²) < 4.78 is 54.9. The molecule has 0 spiro atoms. The molecule has 0 saturated carbocycles. The lowest BCUT2D eigenvalue weighted by atomic mass is 10.1. The first-order valence-corrected chi connectivity index (χ1v) is 7.67. The number of ether oxygens (including phenoxy) is 2. The number of carbonyl (C=O) groups is 1. The van der Waals surface area contributed by atoms with Gasteiger partial charge in [0.2, 0.25) is 5.82 Å². The van der Waals surface area contributed by atoms with Crippen LogP contribution in [-0.2, 0) is 12.8 Å². The van der Waals surface area contributed by atoms with Gasteiger partial charge in [0.25, 0.3) is 5.89 Å². The summed E-state index contributed by atoms with van der Waals surface area (Å²) in [6.45, 7) is -0.183.